The molecule has 0 saturated heterocycles. The molecule has 5 aromatic rings. The van der Waals surface area contributed by atoms with Gasteiger partial charge >= 0.3 is 6.18 Å². The van der Waals surface area contributed by atoms with Crippen molar-refractivity contribution in [3.63, 3.8) is 0 Å². The maximum absolute atomic E-state index is 13.9. The number of nitriles is 1. The van der Waals surface area contributed by atoms with Crippen LogP contribution in [0, 0.1) is 16.7 Å². The molecule has 1 saturated carbocycles. The molecule has 14 heteroatoms. The van der Waals surface area contributed by atoms with Crippen LogP contribution in [0.5, 0.6) is 0 Å². The molecule has 1 aliphatic carbocycles. The van der Waals surface area contributed by atoms with E-state index < -0.39 is 17.8 Å². The van der Waals surface area contributed by atoms with Crippen LogP contribution in [0.1, 0.15) is 56.5 Å². The Bertz CT molecular complexity index is 1890. The van der Waals surface area contributed by atoms with Crippen molar-refractivity contribution in [2.24, 2.45) is 12.5 Å². The molecule has 1 atom stereocenters. The molecule has 0 radical (unpaired) electrons. The van der Waals surface area contributed by atoms with Crippen molar-refractivity contribution in [2.75, 3.05) is 17.2 Å². The predicted molar refractivity (Wildman–Crippen MR) is 157 cm³/mol. The molecule has 3 aromatic heterocycles. The minimum absolute atomic E-state index is 0.0581. The molecule has 3 heterocycles. The van der Waals surface area contributed by atoms with Crippen LogP contribution in [0.3, 0.4) is 0 Å². The highest BCUT2D eigenvalue weighted by Crippen LogP contribution is 2.55. The Balaban J connectivity index is 1.49. The molecule has 43 heavy (non-hydrogen) atoms. The van der Waals surface area contributed by atoms with E-state index in [2.05, 4.69) is 63.1 Å². The van der Waals surface area contributed by atoms with Gasteiger partial charge in [0.1, 0.15) is 17.3 Å². The number of hydrogen-bond donors (Lipinski definition) is 2. The van der Waals surface area contributed by atoms with Gasteiger partial charge in [0.05, 0.1) is 39.5 Å². The molecule has 0 spiro atoms. The fraction of sp³-hybridized carbons (Fsp3) is 0.379. The van der Waals surface area contributed by atoms with Gasteiger partial charge in [-0.1, -0.05) is 54.9 Å². The Morgan fingerprint density at radius 3 is 2.58 bits per heavy atom. The average molecular weight is 609 g/mol. The quantitative estimate of drug-likeness (QED) is 0.219. The van der Waals surface area contributed by atoms with E-state index in [0.29, 0.717) is 56.0 Å². The summed E-state index contributed by atoms with van der Waals surface area (Å²) in [5.74, 6) is 0. The molecule has 2 N–H and O–H groups in total. The largest absolute Gasteiger partial charge is 0.413 e. The van der Waals surface area contributed by atoms with Gasteiger partial charge in [0.2, 0.25) is 0 Å². The molecule has 0 unspecified atom stereocenters. The van der Waals surface area contributed by atoms with Crippen LogP contribution < -0.4 is 10.6 Å². The number of anilines is 2. The molecule has 1 fully saturated rings. The maximum atomic E-state index is 13.9. The number of fused-ring (bicyclic) bond motifs is 2. The zero-order valence-corrected chi connectivity index (χ0v) is 24.6. The number of nitrogens with one attached hydrogen (secondary N) is 2. The number of nitrogens with zero attached hydrogens (tertiary/aromatic N) is 8. The van der Waals surface area contributed by atoms with Crippen LogP contribution in [0.2, 0.25) is 5.02 Å². The van der Waals surface area contributed by atoms with E-state index in [9.17, 15) is 18.4 Å². The first-order valence-electron chi connectivity index (χ1n) is 13.6. The lowest BCUT2D eigenvalue weighted by atomic mass is 9.96. The number of rotatable bonds is 7. The number of aromatic nitrogens is 7. The molecular formula is C29H28ClF3N10. The lowest BCUT2D eigenvalue weighted by Crippen LogP contribution is -2.35. The highest BCUT2D eigenvalue weighted by molar-refractivity contribution is 6.35. The average Bonchev–Trinajstić information content (AvgIpc) is 3.49. The van der Waals surface area contributed by atoms with Crippen LogP contribution in [0.4, 0.5) is 24.5 Å². The first-order valence-corrected chi connectivity index (χ1v) is 14.0. The van der Waals surface area contributed by atoms with Crippen LogP contribution in [-0.4, -0.2) is 47.7 Å². The smallest absolute Gasteiger partial charge is 0.383 e. The van der Waals surface area contributed by atoms with Crippen molar-refractivity contribution in [1.29, 1.82) is 5.26 Å². The van der Waals surface area contributed by atoms with E-state index in [-0.39, 0.29) is 24.0 Å². The molecule has 0 amide bonds. The fourth-order valence-electron chi connectivity index (χ4n) is 5.20. The summed E-state index contributed by atoms with van der Waals surface area (Å²) in [5, 5.41) is 34.1. The summed E-state index contributed by atoms with van der Waals surface area (Å²) >= 11 is 6.73. The summed E-state index contributed by atoms with van der Waals surface area (Å²) in [6.45, 7) is 6.81. The summed E-state index contributed by atoms with van der Waals surface area (Å²) in [6, 6.07) is 10.4. The van der Waals surface area contributed by atoms with Gasteiger partial charge in [-0.15, -0.1) is 10.2 Å². The number of halogens is 4. The van der Waals surface area contributed by atoms with Crippen molar-refractivity contribution in [3.8, 4) is 6.07 Å². The maximum Gasteiger partial charge on any atom is 0.413 e. The van der Waals surface area contributed by atoms with Gasteiger partial charge in [-0.05, 0) is 36.5 Å². The molecular weight excluding hydrogens is 581 g/mol. The Labute approximate surface area is 249 Å². The first-order chi connectivity index (χ1) is 20.3. The van der Waals surface area contributed by atoms with Gasteiger partial charge < -0.3 is 10.6 Å². The summed E-state index contributed by atoms with van der Waals surface area (Å²) < 4.78 is 44.3. The Kier molecular flexibility index (Phi) is 6.72. The Morgan fingerprint density at radius 2 is 1.91 bits per heavy atom. The number of hydrogen-bond acceptors (Lipinski definition) is 8. The van der Waals surface area contributed by atoms with E-state index in [0.717, 1.165) is 4.68 Å². The molecule has 222 valence electrons. The Hall–Kier alpha value is -4.44. The van der Waals surface area contributed by atoms with Gasteiger partial charge in [-0.25, -0.2) is 9.36 Å². The SMILES string of the molecule is Cn1nnc2cccc([C@H](Nc3cc(Cl)c4ncc(C#N)c(NCC(C)(C)C)c4c3)c3cn(C4(C(F)(F)F)CC4)nn3)c21. The lowest BCUT2D eigenvalue weighted by Gasteiger charge is -2.23. The third-order valence-corrected chi connectivity index (χ3v) is 7.90. The lowest BCUT2D eigenvalue weighted by molar-refractivity contribution is -0.182. The summed E-state index contributed by atoms with van der Waals surface area (Å²) in [6.07, 6.45) is -1.75. The van der Waals surface area contributed by atoms with E-state index in [1.807, 2.05) is 12.1 Å². The van der Waals surface area contributed by atoms with Crippen LogP contribution in [0.25, 0.3) is 21.9 Å². The monoisotopic (exact) mass is 608 g/mol. The summed E-state index contributed by atoms with van der Waals surface area (Å²) in [5.41, 5.74) is 2.11. The van der Waals surface area contributed by atoms with Crippen molar-refractivity contribution in [3.05, 3.63) is 64.6 Å². The Morgan fingerprint density at radius 1 is 1.14 bits per heavy atom. The topological polar surface area (TPSA) is 122 Å². The number of alkyl halides is 3. The van der Waals surface area contributed by atoms with E-state index in [4.69, 9.17) is 11.6 Å². The van der Waals surface area contributed by atoms with Gasteiger partial charge in [-0.3, -0.25) is 4.98 Å². The van der Waals surface area contributed by atoms with Crippen molar-refractivity contribution in [2.45, 2.75) is 51.4 Å². The zero-order valence-electron chi connectivity index (χ0n) is 23.8. The molecule has 2 aromatic carbocycles. The number of pyridine rings is 1. The van der Waals surface area contributed by atoms with E-state index in [1.165, 1.54) is 12.4 Å². The standard InChI is InChI=1S/C29H28ClF3N10/c1-27(2,3)15-36-23-16(12-34)13-35-24-19(23)10-17(11-20(24)30)37-25(18-6-5-7-21-26(18)42(4)40-38-21)22-14-43(41-39-22)28(8-9-28)29(31,32)33/h5-7,10-11,13-14,25,37H,8-9,15H2,1-4H3,(H,35,36)/t25-/m0/s1. The molecule has 0 aliphatic heterocycles. The number of aryl methyl sites for hydroxylation is 1. The van der Waals surface area contributed by atoms with Crippen molar-refractivity contribution in [1.82, 2.24) is 35.0 Å². The van der Waals surface area contributed by atoms with Crippen LogP contribution >= 0.6 is 11.6 Å². The van der Waals surface area contributed by atoms with E-state index in [1.54, 1.807) is 29.9 Å². The summed E-state index contributed by atoms with van der Waals surface area (Å²) in [7, 11) is 1.74. The zero-order chi connectivity index (χ0) is 30.7. The van der Waals surface area contributed by atoms with E-state index >= 15 is 0 Å². The highest BCUT2D eigenvalue weighted by atomic mass is 35.5. The second-order valence-corrected chi connectivity index (χ2v) is 12.5. The number of para-hydroxylation sites is 1. The van der Waals surface area contributed by atoms with Crippen molar-refractivity contribution >= 4 is 44.9 Å². The molecule has 6 rings (SSSR count). The molecule has 0 bridgehead atoms. The van der Waals surface area contributed by atoms with Crippen LogP contribution in [-0.2, 0) is 12.6 Å². The minimum atomic E-state index is -4.46. The molecule has 10 nitrogen and oxygen atoms in total. The van der Waals surface area contributed by atoms with Crippen molar-refractivity contribution < 1.29 is 13.2 Å². The second kappa shape index (κ2) is 10.1. The van der Waals surface area contributed by atoms with Gasteiger partial charge in [0, 0.05) is 36.4 Å². The minimum Gasteiger partial charge on any atom is -0.383 e. The van der Waals surface area contributed by atoms with Gasteiger partial charge in [0.25, 0.3) is 0 Å². The first kappa shape index (κ1) is 28.7. The summed E-state index contributed by atoms with van der Waals surface area (Å²) in [4.78, 5) is 4.42. The second-order valence-electron chi connectivity index (χ2n) is 12.0. The van der Waals surface area contributed by atoms with Crippen LogP contribution in [0.15, 0.2) is 42.7 Å². The highest BCUT2D eigenvalue weighted by Gasteiger charge is 2.66. The third-order valence-electron chi connectivity index (χ3n) is 7.62. The predicted octanol–water partition coefficient (Wildman–Crippen LogP) is 6.34. The molecule has 1 aliphatic rings. The number of benzene rings is 2. The third kappa shape index (κ3) is 5.09. The normalized spacial score (nSPS) is 15.4. The fourth-order valence-corrected chi connectivity index (χ4v) is 5.47. The van der Waals surface area contributed by atoms with Gasteiger partial charge in [0.15, 0.2) is 5.54 Å². The van der Waals surface area contributed by atoms with Gasteiger partial charge in [-0.2, -0.15) is 18.4 Å².